The molecule has 1 atom stereocenters. The zero-order valence-electron chi connectivity index (χ0n) is 14.9. The van der Waals surface area contributed by atoms with E-state index in [1.807, 2.05) is 12.1 Å². The zero-order valence-corrected chi connectivity index (χ0v) is 16.7. The molecule has 0 aliphatic heterocycles. The fourth-order valence-corrected chi connectivity index (χ4v) is 8.84. The minimum atomic E-state index is -1.76. The van der Waals surface area contributed by atoms with Gasteiger partial charge in [0.25, 0.3) is 0 Å². The summed E-state index contributed by atoms with van der Waals surface area (Å²) >= 11 is 6.07. The van der Waals surface area contributed by atoms with E-state index in [-0.39, 0.29) is 0 Å². The Morgan fingerprint density at radius 1 is 0.913 bits per heavy atom. The first-order valence-electron chi connectivity index (χ1n) is 8.18. The van der Waals surface area contributed by atoms with Crippen LogP contribution in [0.1, 0.15) is 53.2 Å². The first kappa shape index (κ1) is 19.9. The van der Waals surface area contributed by atoms with Gasteiger partial charge >= 0.3 is 0 Å². The third kappa shape index (κ3) is 4.64. The predicted octanol–water partition coefficient (Wildman–Crippen LogP) is 5.60. The Morgan fingerprint density at radius 3 is 1.91 bits per heavy atom. The minimum absolute atomic E-state index is 0.525. The molecular formula is C20H27ClOSi. The van der Waals surface area contributed by atoms with Crippen LogP contribution in [0.5, 0.6) is 0 Å². The van der Waals surface area contributed by atoms with Gasteiger partial charge in [-0.25, -0.2) is 0 Å². The lowest BCUT2D eigenvalue weighted by Crippen LogP contribution is -2.43. The van der Waals surface area contributed by atoms with Crippen molar-refractivity contribution in [3.8, 4) is 23.3 Å². The number of rotatable bonds is 4. The van der Waals surface area contributed by atoms with Crippen LogP contribution in [0, 0.1) is 23.3 Å². The van der Waals surface area contributed by atoms with Crippen molar-refractivity contribution in [1.82, 2.24) is 0 Å². The van der Waals surface area contributed by atoms with Crippen LogP contribution in [0.3, 0.4) is 0 Å². The summed E-state index contributed by atoms with van der Waals surface area (Å²) in [6.45, 7) is 13.6. The van der Waals surface area contributed by atoms with Gasteiger partial charge in [0, 0.05) is 10.6 Å². The summed E-state index contributed by atoms with van der Waals surface area (Å²) in [6.07, 6.45) is -0.897. The molecule has 0 amide bonds. The van der Waals surface area contributed by atoms with Gasteiger partial charge in [0.15, 0.2) is 0 Å². The van der Waals surface area contributed by atoms with E-state index in [1.54, 1.807) is 12.1 Å². The standard InChI is InChI=1S/C20H27ClOSi/c1-15(2)23(16(3)4,17(5)6)14-10-9-13-20(22)18-11-7-8-12-19(18)21/h7-8,11-12,15-17,20,22H,1-6H3. The Hall–Kier alpha value is -1.19. The highest BCUT2D eigenvalue weighted by molar-refractivity contribution is 6.90. The molecule has 0 aliphatic carbocycles. The van der Waals surface area contributed by atoms with Crippen molar-refractivity contribution in [1.29, 1.82) is 0 Å². The Kier molecular flexibility index (Phi) is 7.42. The second kappa shape index (κ2) is 8.60. The average molecular weight is 347 g/mol. The molecule has 1 nitrogen and oxygen atoms in total. The van der Waals surface area contributed by atoms with Gasteiger partial charge in [-0.3, -0.25) is 0 Å². The smallest absolute Gasteiger partial charge is 0.147 e. The van der Waals surface area contributed by atoms with Crippen LogP contribution in [0.4, 0.5) is 0 Å². The maximum atomic E-state index is 10.1. The van der Waals surface area contributed by atoms with Gasteiger partial charge in [0.2, 0.25) is 0 Å². The van der Waals surface area contributed by atoms with Crippen LogP contribution in [0.15, 0.2) is 24.3 Å². The van der Waals surface area contributed by atoms with E-state index < -0.39 is 14.2 Å². The molecule has 1 unspecified atom stereocenters. The Bertz CT molecular complexity index is 619. The zero-order chi connectivity index (χ0) is 17.6. The lowest BCUT2D eigenvalue weighted by atomic mass is 10.1. The predicted molar refractivity (Wildman–Crippen MR) is 103 cm³/mol. The Balaban J connectivity index is 3.06. The highest BCUT2D eigenvalue weighted by atomic mass is 35.5. The van der Waals surface area contributed by atoms with Crippen LogP contribution < -0.4 is 0 Å². The second-order valence-electron chi connectivity index (χ2n) is 6.84. The first-order valence-corrected chi connectivity index (χ1v) is 10.8. The molecule has 0 aromatic heterocycles. The molecule has 0 fully saturated rings. The Labute approximate surface area is 147 Å². The molecule has 0 heterocycles. The lowest BCUT2D eigenvalue weighted by Gasteiger charge is -2.37. The highest BCUT2D eigenvalue weighted by Crippen LogP contribution is 2.40. The molecule has 0 saturated carbocycles. The third-order valence-corrected chi connectivity index (χ3v) is 11.3. The van der Waals surface area contributed by atoms with E-state index in [1.165, 1.54) is 0 Å². The van der Waals surface area contributed by atoms with Crippen LogP contribution in [-0.4, -0.2) is 13.2 Å². The van der Waals surface area contributed by atoms with Gasteiger partial charge in [-0.15, -0.1) is 5.54 Å². The third-order valence-electron chi connectivity index (χ3n) is 4.62. The van der Waals surface area contributed by atoms with Crippen LogP contribution in [0.2, 0.25) is 21.6 Å². The Morgan fingerprint density at radius 2 is 1.43 bits per heavy atom. The molecule has 0 spiro atoms. The second-order valence-corrected chi connectivity index (χ2v) is 12.8. The number of aliphatic hydroxyl groups excluding tert-OH is 1. The molecule has 0 aliphatic rings. The van der Waals surface area contributed by atoms with Gasteiger partial charge in [-0.1, -0.05) is 77.3 Å². The average Bonchev–Trinajstić information content (AvgIpc) is 2.46. The van der Waals surface area contributed by atoms with Crippen molar-refractivity contribution in [3.05, 3.63) is 34.9 Å². The molecule has 3 heteroatoms. The summed E-state index contributed by atoms with van der Waals surface area (Å²) in [6, 6.07) is 7.21. The van der Waals surface area contributed by atoms with Crippen molar-refractivity contribution in [2.24, 2.45) is 0 Å². The quantitative estimate of drug-likeness (QED) is 0.555. The normalized spacial score (nSPS) is 12.7. The summed E-state index contributed by atoms with van der Waals surface area (Å²) in [5, 5.41) is 10.7. The van der Waals surface area contributed by atoms with Crippen molar-refractivity contribution in [2.45, 2.75) is 64.3 Å². The molecule has 124 valence electrons. The summed E-state index contributed by atoms with van der Waals surface area (Å²) in [7, 11) is -1.76. The van der Waals surface area contributed by atoms with Crippen molar-refractivity contribution in [3.63, 3.8) is 0 Å². The molecule has 1 aromatic carbocycles. The summed E-state index contributed by atoms with van der Waals surface area (Å²) in [5.41, 5.74) is 5.88. The van der Waals surface area contributed by atoms with Gasteiger partial charge in [0.05, 0.1) is 0 Å². The molecule has 0 bridgehead atoms. The molecular weight excluding hydrogens is 320 g/mol. The molecule has 1 N–H and O–H groups in total. The highest BCUT2D eigenvalue weighted by Gasteiger charge is 2.41. The topological polar surface area (TPSA) is 20.2 Å². The van der Waals surface area contributed by atoms with E-state index in [4.69, 9.17) is 11.6 Å². The van der Waals surface area contributed by atoms with Crippen LogP contribution >= 0.6 is 11.6 Å². The van der Waals surface area contributed by atoms with Crippen LogP contribution in [0.25, 0.3) is 0 Å². The van der Waals surface area contributed by atoms with E-state index >= 15 is 0 Å². The van der Waals surface area contributed by atoms with Crippen LogP contribution in [-0.2, 0) is 0 Å². The van der Waals surface area contributed by atoms with Crippen molar-refractivity contribution in [2.75, 3.05) is 0 Å². The van der Waals surface area contributed by atoms with E-state index in [2.05, 4.69) is 64.8 Å². The summed E-state index contributed by atoms with van der Waals surface area (Å²) in [4.78, 5) is 0. The summed E-state index contributed by atoms with van der Waals surface area (Å²) in [5.74, 6) is 8.68. The maximum Gasteiger partial charge on any atom is 0.147 e. The molecule has 1 rings (SSSR count). The monoisotopic (exact) mass is 346 g/mol. The van der Waals surface area contributed by atoms with Crippen molar-refractivity contribution < 1.29 is 5.11 Å². The largest absolute Gasteiger partial charge is 0.376 e. The molecule has 23 heavy (non-hydrogen) atoms. The number of halogens is 1. The number of hydrogen-bond acceptors (Lipinski definition) is 1. The maximum absolute atomic E-state index is 10.1. The summed E-state index contributed by atoms with van der Waals surface area (Å²) < 4.78 is 0. The van der Waals surface area contributed by atoms with Gasteiger partial charge in [0.1, 0.15) is 14.2 Å². The molecule has 0 saturated heterocycles. The fraction of sp³-hybridized carbons (Fsp3) is 0.500. The van der Waals surface area contributed by atoms with E-state index in [0.29, 0.717) is 27.2 Å². The number of hydrogen-bond donors (Lipinski definition) is 1. The number of benzene rings is 1. The van der Waals surface area contributed by atoms with Crippen molar-refractivity contribution >= 4 is 19.7 Å². The van der Waals surface area contributed by atoms with E-state index in [9.17, 15) is 5.11 Å². The van der Waals surface area contributed by atoms with Gasteiger partial charge in [-0.2, -0.15) is 0 Å². The fourth-order valence-electron chi connectivity index (χ4n) is 3.45. The first-order chi connectivity index (χ1) is 10.7. The SMILES string of the molecule is CC(C)[Si](C#CC#CC(O)c1ccccc1Cl)(C(C)C)C(C)C. The lowest BCUT2D eigenvalue weighted by molar-refractivity contribution is 0.238. The van der Waals surface area contributed by atoms with E-state index in [0.717, 1.165) is 0 Å². The van der Waals surface area contributed by atoms with Gasteiger partial charge < -0.3 is 5.11 Å². The minimum Gasteiger partial charge on any atom is -0.376 e. The number of aliphatic hydroxyl groups is 1. The van der Waals surface area contributed by atoms with Gasteiger partial charge in [-0.05, 0) is 34.5 Å². The molecule has 0 radical (unpaired) electrons. The molecule has 1 aromatic rings.